The van der Waals surface area contributed by atoms with E-state index in [1.807, 2.05) is 24.2 Å². The van der Waals surface area contributed by atoms with Gasteiger partial charge in [0.05, 0.1) is 24.2 Å². The van der Waals surface area contributed by atoms with E-state index in [2.05, 4.69) is 32.2 Å². The van der Waals surface area contributed by atoms with Gasteiger partial charge in [-0.15, -0.1) is 0 Å². The summed E-state index contributed by atoms with van der Waals surface area (Å²) >= 11 is 6.39. The monoisotopic (exact) mass is 400 g/mol. The molecular formula is C18H21ClN8O. The number of nitriles is 1. The Labute approximate surface area is 167 Å². The number of rotatable bonds is 4. The van der Waals surface area contributed by atoms with Gasteiger partial charge in [0, 0.05) is 50.8 Å². The fraction of sp³-hybridized carbons (Fsp3) is 0.500. The number of amides is 1. The van der Waals surface area contributed by atoms with Crippen LogP contribution in [0.1, 0.15) is 13.3 Å². The molecule has 146 valence electrons. The van der Waals surface area contributed by atoms with Crippen molar-refractivity contribution in [2.75, 3.05) is 36.4 Å². The molecule has 2 aliphatic heterocycles. The van der Waals surface area contributed by atoms with E-state index in [0.717, 1.165) is 18.8 Å². The molecule has 1 amide bonds. The molecule has 2 fully saturated rings. The molecule has 0 aromatic carbocycles. The first-order chi connectivity index (χ1) is 13.4. The molecule has 2 aromatic heterocycles. The van der Waals surface area contributed by atoms with E-state index < -0.39 is 0 Å². The topological polar surface area (TPSA) is 103 Å². The molecule has 28 heavy (non-hydrogen) atoms. The van der Waals surface area contributed by atoms with E-state index in [1.165, 1.54) is 0 Å². The van der Waals surface area contributed by atoms with Crippen LogP contribution in [0, 0.1) is 22.7 Å². The summed E-state index contributed by atoms with van der Waals surface area (Å²) in [5.41, 5.74) is 0.753. The number of anilines is 3. The van der Waals surface area contributed by atoms with Crippen LogP contribution in [0.25, 0.3) is 0 Å². The van der Waals surface area contributed by atoms with Gasteiger partial charge in [-0.3, -0.25) is 9.48 Å². The van der Waals surface area contributed by atoms with Crippen molar-refractivity contribution in [2.24, 2.45) is 18.4 Å². The molecule has 2 unspecified atom stereocenters. The summed E-state index contributed by atoms with van der Waals surface area (Å²) in [6.45, 7) is 5.00. The summed E-state index contributed by atoms with van der Waals surface area (Å²) in [5, 5.41) is 16.5. The molecule has 2 aliphatic rings. The second kappa shape index (κ2) is 6.95. The maximum absolute atomic E-state index is 12.1. The Morgan fingerprint density at radius 1 is 1.43 bits per heavy atom. The maximum Gasteiger partial charge on any atom is 0.236 e. The molecule has 1 N–H and O–H groups in total. The average Bonchev–Trinajstić information content (AvgIpc) is 3.28. The molecule has 4 heterocycles. The number of halogens is 1. The number of nitrogens with zero attached hydrogens (tertiary/aromatic N) is 7. The number of aryl methyl sites for hydroxylation is 1. The fourth-order valence-electron chi connectivity index (χ4n) is 4.13. The van der Waals surface area contributed by atoms with Crippen molar-refractivity contribution >= 4 is 35.0 Å². The van der Waals surface area contributed by atoms with E-state index in [-0.39, 0.29) is 17.7 Å². The summed E-state index contributed by atoms with van der Waals surface area (Å²) in [5.74, 6) is 1.37. The van der Waals surface area contributed by atoms with Crippen LogP contribution in [0.2, 0.25) is 5.02 Å². The van der Waals surface area contributed by atoms with Crippen molar-refractivity contribution in [3.05, 3.63) is 23.6 Å². The first-order valence-electron chi connectivity index (χ1n) is 9.06. The summed E-state index contributed by atoms with van der Waals surface area (Å²) in [6.07, 6.45) is 5.08. The van der Waals surface area contributed by atoms with Gasteiger partial charge in [0.1, 0.15) is 11.4 Å². The molecule has 10 heteroatoms. The van der Waals surface area contributed by atoms with Crippen molar-refractivity contribution in [1.29, 1.82) is 5.26 Å². The van der Waals surface area contributed by atoms with E-state index in [1.54, 1.807) is 17.1 Å². The lowest BCUT2D eigenvalue weighted by Crippen LogP contribution is -2.35. The van der Waals surface area contributed by atoms with Gasteiger partial charge in [-0.2, -0.15) is 15.3 Å². The van der Waals surface area contributed by atoms with E-state index in [9.17, 15) is 4.79 Å². The van der Waals surface area contributed by atoms with Gasteiger partial charge < -0.3 is 15.1 Å². The molecule has 0 spiro atoms. The van der Waals surface area contributed by atoms with Gasteiger partial charge >= 0.3 is 0 Å². The highest BCUT2D eigenvalue weighted by Gasteiger charge is 2.50. The van der Waals surface area contributed by atoms with Gasteiger partial charge in [-0.25, -0.2) is 4.98 Å². The van der Waals surface area contributed by atoms with Crippen LogP contribution in [-0.4, -0.2) is 56.7 Å². The number of aromatic nitrogens is 4. The van der Waals surface area contributed by atoms with Crippen LogP contribution >= 0.6 is 11.6 Å². The van der Waals surface area contributed by atoms with Gasteiger partial charge in [-0.1, -0.05) is 18.5 Å². The highest BCUT2D eigenvalue weighted by Crippen LogP contribution is 2.44. The normalized spacial score (nSPS) is 23.6. The van der Waals surface area contributed by atoms with Crippen LogP contribution in [0.4, 0.5) is 17.5 Å². The standard InChI is InChI=1S/C18H21ClN8O/c1-18-10-26(15(28)3-4-20)7-12(18)8-27(11-18)16-14(19)6-21-17(24-16)23-13-5-22-25(2)9-13/h5-6,9,12H,3,7-8,10-11H2,1-2H3,(H,21,23,24). The minimum absolute atomic E-state index is 0.0453. The number of carbonyl (C=O) groups is 1. The smallest absolute Gasteiger partial charge is 0.236 e. The molecule has 4 rings (SSSR count). The van der Waals surface area contributed by atoms with Gasteiger partial charge in [0.25, 0.3) is 0 Å². The summed E-state index contributed by atoms with van der Waals surface area (Å²) in [6, 6.07) is 1.94. The third-order valence-corrected chi connectivity index (χ3v) is 5.81. The summed E-state index contributed by atoms with van der Waals surface area (Å²) < 4.78 is 1.70. The van der Waals surface area contributed by atoms with Crippen LogP contribution in [0.15, 0.2) is 18.6 Å². The Bertz CT molecular complexity index is 953. The molecule has 9 nitrogen and oxygen atoms in total. The van der Waals surface area contributed by atoms with Crippen molar-refractivity contribution in [3.63, 3.8) is 0 Å². The minimum Gasteiger partial charge on any atom is -0.354 e. The third-order valence-electron chi connectivity index (χ3n) is 5.54. The van der Waals surface area contributed by atoms with Crippen molar-refractivity contribution in [1.82, 2.24) is 24.6 Å². The Morgan fingerprint density at radius 3 is 2.93 bits per heavy atom. The zero-order valence-corrected chi connectivity index (χ0v) is 16.5. The largest absolute Gasteiger partial charge is 0.354 e. The lowest BCUT2D eigenvalue weighted by atomic mass is 9.83. The third kappa shape index (κ3) is 3.36. The average molecular weight is 401 g/mol. The Hall–Kier alpha value is -2.86. The predicted octanol–water partition coefficient (Wildman–Crippen LogP) is 1.81. The second-order valence-corrected chi connectivity index (χ2v) is 8.14. The number of hydrogen-bond donors (Lipinski definition) is 1. The quantitative estimate of drug-likeness (QED) is 0.834. The maximum atomic E-state index is 12.1. The number of nitrogens with one attached hydrogen (secondary N) is 1. The molecule has 0 aliphatic carbocycles. The van der Waals surface area contributed by atoms with Crippen LogP contribution in [-0.2, 0) is 11.8 Å². The molecule has 0 radical (unpaired) electrons. The van der Waals surface area contributed by atoms with Gasteiger partial charge in [0.2, 0.25) is 11.9 Å². The van der Waals surface area contributed by atoms with Crippen molar-refractivity contribution in [3.8, 4) is 6.07 Å². The predicted molar refractivity (Wildman–Crippen MR) is 104 cm³/mol. The van der Waals surface area contributed by atoms with Gasteiger partial charge in [0.15, 0.2) is 5.82 Å². The highest BCUT2D eigenvalue weighted by molar-refractivity contribution is 6.32. The van der Waals surface area contributed by atoms with E-state index in [4.69, 9.17) is 16.9 Å². The van der Waals surface area contributed by atoms with E-state index >= 15 is 0 Å². The molecule has 0 saturated carbocycles. The number of hydrogen-bond acceptors (Lipinski definition) is 7. The first-order valence-corrected chi connectivity index (χ1v) is 9.43. The lowest BCUT2D eigenvalue weighted by molar-refractivity contribution is -0.129. The Kier molecular flexibility index (Phi) is 4.59. The molecular weight excluding hydrogens is 380 g/mol. The lowest BCUT2D eigenvalue weighted by Gasteiger charge is -2.26. The summed E-state index contributed by atoms with van der Waals surface area (Å²) in [7, 11) is 1.84. The molecule has 2 aromatic rings. The van der Waals surface area contributed by atoms with Crippen LogP contribution < -0.4 is 10.2 Å². The number of carbonyl (C=O) groups excluding carboxylic acids is 1. The number of likely N-dealkylation sites (tertiary alicyclic amines) is 1. The van der Waals surface area contributed by atoms with Crippen molar-refractivity contribution in [2.45, 2.75) is 13.3 Å². The van der Waals surface area contributed by atoms with Gasteiger partial charge in [-0.05, 0) is 0 Å². The number of fused-ring (bicyclic) bond motifs is 1. The Balaban J connectivity index is 1.50. The Morgan fingerprint density at radius 2 is 2.25 bits per heavy atom. The van der Waals surface area contributed by atoms with Crippen LogP contribution in [0.5, 0.6) is 0 Å². The minimum atomic E-state index is -0.0901. The molecule has 2 atom stereocenters. The van der Waals surface area contributed by atoms with Crippen molar-refractivity contribution < 1.29 is 4.79 Å². The fourth-order valence-corrected chi connectivity index (χ4v) is 4.34. The zero-order chi connectivity index (χ0) is 19.9. The first kappa shape index (κ1) is 18.5. The highest BCUT2D eigenvalue weighted by atomic mass is 35.5. The second-order valence-electron chi connectivity index (χ2n) is 7.73. The molecule has 0 bridgehead atoms. The SMILES string of the molecule is Cn1cc(Nc2ncc(Cl)c(N3CC4CN(C(=O)CC#N)CC4(C)C3)n2)cn1. The van der Waals surface area contributed by atoms with Crippen LogP contribution in [0.3, 0.4) is 0 Å². The van der Waals surface area contributed by atoms with E-state index in [0.29, 0.717) is 35.8 Å². The zero-order valence-electron chi connectivity index (χ0n) is 15.8. The summed E-state index contributed by atoms with van der Waals surface area (Å²) in [4.78, 5) is 24.9. The molecule has 2 saturated heterocycles.